The minimum Gasteiger partial charge on any atom is -0.356 e. The third-order valence-corrected chi connectivity index (χ3v) is 4.20. The van der Waals surface area contributed by atoms with Crippen LogP contribution < -0.4 is 10.9 Å². The summed E-state index contributed by atoms with van der Waals surface area (Å²) in [7, 11) is 0. The molecule has 0 atom stereocenters. The van der Waals surface area contributed by atoms with E-state index in [4.69, 9.17) is 0 Å². The standard InChI is InChI=1S/C21H22N4O2/c26-20(23-15-10-17-5-2-1-3-6-17)7-4-16-25-21(27)9-8-19(24-25)18-11-13-22-14-12-18/h1-3,5-6,8-9,11-14H,4,7,10,15-16H2,(H,23,26). The number of benzene rings is 1. The molecule has 27 heavy (non-hydrogen) atoms. The summed E-state index contributed by atoms with van der Waals surface area (Å²) in [6.45, 7) is 1.02. The monoisotopic (exact) mass is 362 g/mol. The van der Waals surface area contributed by atoms with E-state index in [1.807, 2.05) is 42.5 Å². The first kappa shape index (κ1) is 18.5. The van der Waals surface area contributed by atoms with Crippen molar-refractivity contribution in [3.05, 3.63) is 82.9 Å². The van der Waals surface area contributed by atoms with Crippen LogP contribution in [0.25, 0.3) is 11.3 Å². The van der Waals surface area contributed by atoms with Gasteiger partial charge in [-0.3, -0.25) is 14.6 Å². The molecule has 0 aliphatic heterocycles. The van der Waals surface area contributed by atoms with E-state index < -0.39 is 0 Å². The highest BCUT2D eigenvalue weighted by molar-refractivity contribution is 5.75. The molecule has 1 N–H and O–H groups in total. The van der Waals surface area contributed by atoms with Crippen LogP contribution >= 0.6 is 0 Å². The molecule has 1 aromatic carbocycles. The molecule has 0 aliphatic rings. The number of pyridine rings is 1. The van der Waals surface area contributed by atoms with Gasteiger partial charge in [0.05, 0.1) is 5.69 Å². The van der Waals surface area contributed by atoms with Crippen LogP contribution in [0.5, 0.6) is 0 Å². The lowest BCUT2D eigenvalue weighted by Crippen LogP contribution is -2.27. The summed E-state index contributed by atoms with van der Waals surface area (Å²) in [6, 6.07) is 16.9. The molecule has 138 valence electrons. The number of nitrogens with one attached hydrogen (secondary N) is 1. The molecular formula is C21H22N4O2. The van der Waals surface area contributed by atoms with E-state index in [9.17, 15) is 9.59 Å². The zero-order chi connectivity index (χ0) is 18.9. The van der Waals surface area contributed by atoms with E-state index in [0.717, 1.165) is 12.0 Å². The first-order valence-corrected chi connectivity index (χ1v) is 9.01. The summed E-state index contributed by atoms with van der Waals surface area (Å²) in [5, 5.41) is 7.30. The Balaban J connectivity index is 1.47. The molecule has 2 heterocycles. The SMILES string of the molecule is O=C(CCCn1nc(-c2ccncc2)ccc1=O)NCCc1ccccc1. The van der Waals surface area contributed by atoms with Gasteiger partial charge in [0.15, 0.2) is 0 Å². The predicted octanol–water partition coefficient (Wildman–Crippen LogP) is 2.44. The number of hydrogen-bond donors (Lipinski definition) is 1. The average Bonchev–Trinajstić information content (AvgIpc) is 2.71. The minimum atomic E-state index is -0.169. The fourth-order valence-corrected chi connectivity index (χ4v) is 2.75. The zero-order valence-corrected chi connectivity index (χ0v) is 15.0. The van der Waals surface area contributed by atoms with Gasteiger partial charge in [-0.05, 0) is 36.6 Å². The van der Waals surface area contributed by atoms with Gasteiger partial charge in [-0.15, -0.1) is 0 Å². The second kappa shape index (κ2) is 9.43. The highest BCUT2D eigenvalue weighted by Gasteiger charge is 2.05. The molecule has 3 rings (SSSR count). The Morgan fingerprint density at radius 1 is 1.00 bits per heavy atom. The van der Waals surface area contributed by atoms with Crippen LogP contribution in [-0.4, -0.2) is 27.2 Å². The Kier molecular flexibility index (Phi) is 6.46. The molecule has 0 saturated carbocycles. The fourth-order valence-electron chi connectivity index (χ4n) is 2.75. The molecule has 1 amide bonds. The number of carbonyl (C=O) groups excluding carboxylic acids is 1. The van der Waals surface area contributed by atoms with Gasteiger partial charge in [0, 0.05) is 43.5 Å². The van der Waals surface area contributed by atoms with Gasteiger partial charge in [0.1, 0.15) is 0 Å². The van der Waals surface area contributed by atoms with E-state index >= 15 is 0 Å². The Bertz CT molecular complexity index is 924. The van der Waals surface area contributed by atoms with Crippen molar-refractivity contribution >= 4 is 5.91 Å². The van der Waals surface area contributed by atoms with E-state index in [1.54, 1.807) is 18.5 Å². The second-order valence-corrected chi connectivity index (χ2v) is 6.20. The Hall–Kier alpha value is -3.28. The van der Waals surface area contributed by atoms with E-state index in [1.165, 1.54) is 16.3 Å². The fraction of sp³-hybridized carbons (Fsp3) is 0.238. The number of amides is 1. The number of aryl methyl sites for hydroxylation is 1. The van der Waals surface area contributed by atoms with Crippen LogP contribution in [-0.2, 0) is 17.8 Å². The average molecular weight is 362 g/mol. The van der Waals surface area contributed by atoms with E-state index in [2.05, 4.69) is 15.4 Å². The first-order valence-electron chi connectivity index (χ1n) is 9.01. The quantitative estimate of drug-likeness (QED) is 0.668. The number of aromatic nitrogens is 3. The van der Waals surface area contributed by atoms with Crippen LogP contribution in [0.2, 0.25) is 0 Å². The van der Waals surface area contributed by atoms with Crippen molar-refractivity contribution in [2.45, 2.75) is 25.8 Å². The van der Waals surface area contributed by atoms with Gasteiger partial charge in [0.25, 0.3) is 5.56 Å². The lowest BCUT2D eigenvalue weighted by molar-refractivity contribution is -0.121. The van der Waals surface area contributed by atoms with Gasteiger partial charge in [-0.1, -0.05) is 30.3 Å². The molecule has 0 fully saturated rings. The van der Waals surface area contributed by atoms with Gasteiger partial charge < -0.3 is 5.32 Å². The van der Waals surface area contributed by atoms with Crippen molar-refractivity contribution < 1.29 is 4.79 Å². The van der Waals surface area contributed by atoms with Crippen molar-refractivity contribution in [1.82, 2.24) is 20.1 Å². The van der Waals surface area contributed by atoms with Crippen LogP contribution in [0.4, 0.5) is 0 Å². The molecule has 0 saturated heterocycles. The van der Waals surface area contributed by atoms with Crippen molar-refractivity contribution in [2.24, 2.45) is 0 Å². The highest BCUT2D eigenvalue weighted by atomic mass is 16.1. The lowest BCUT2D eigenvalue weighted by atomic mass is 10.1. The Morgan fingerprint density at radius 3 is 2.56 bits per heavy atom. The maximum Gasteiger partial charge on any atom is 0.266 e. The minimum absolute atomic E-state index is 0.00994. The molecule has 0 radical (unpaired) electrons. The number of rotatable bonds is 8. The van der Waals surface area contributed by atoms with Gasteiger partial charge in [-0.25, -0.2) is 4.68 Å². The molecule has 3 aromatic rings. The molecular weight excluding hydrogens is 340 g/mol. The summed E-state index contributed by atoms with van der Waals surface area (Å²) in [6.07, 6.45) is 5.10. The van der Waals surface area contributed by atoms with Crippen LogP contribution in [0.3, 0.4) is 0 Å². The van der Waals surface area contributed by atoms with E-state index in [-0.39, 0.29) is 11.5 Å². The maximum absolute atomic E-state index is 12.0. The Morgan fingerprint density at radius 2 is 1.78 bits per heavy atom. The summed E-state index contributed by atoms with van der Waals surface area (Å²) < 4.78 is 1.41. The first-order chi connectivity index (χ1) is 13.2. The van der Waals surface area contributed by atoms with Gasteiger partial charge in [-0.2, -0.15) is 5.10 Å². The number of carbonyl (C=O) groups is 1. The Labute approximate surface area is 157 Å². The lowest BCUT2D eigenvalue weighted by Gasteiger charge is -2.08. The molecule has 6 nitrogen and oxygen atoms in total. The normalized spacial score (nSPS) is 10.5. The van der Waals surface area contributed by atoms with Gasteiger partial charge >= 0.3 is 0 Å². The second-order valence-electron chi connectivity index (χ2n) is 6.20. The molecule has 6 heteroatoms. The van der Waals surface area contributed by atoms with Crippen molar-refractivity contribution in [1.29, 1.82) is 0 Å². The highest BCUT2D eigenvalue weighted by Crippen LogP contribution is 2.13. The summed E-state index contributed by atoms with van der Waals surface area (Å²) in [5.41, 5.74) is 2.64. The summed E-state index contributed by atoms with van der Waals surface area (Å²) >= 11 is 0. The predicted molar refractivity (Wildman–Crippen MR) is 104 cm³/mol. The smallest absolute Gasteiger partial charge is 0.266 e. The molecule has 0 spiro atoms. The molecule has 0 aliphatic carbocycles. The van der Waals surface area contributed by atoms with Gasteiger partial charge in [0.2, 0.25) is 5.91 Å². The van der Waals surface area contributed by atoms with Crippen LogP contribution in [0, 0.1) is 0 Å². The number of nitrogens with zero attached hydrogens (tertiary/aromatic N) is 3. The number of hydrogen-bond acceptors (Lipinski definition) is 4. The summed E-state index contributed by atoms with van der Waals surface area (Å²) in [4.78, 5) is 27.9. The van der Waals surface area contributed by atoms with Crippen molar-refractivity contribution in [2.75, 3.05) is 6.54 Å². The van der Waals surface area contributed by atoms with E-state index in [0.29, 0.717) is 31.6 Å². The van der Waals surface area contributed by atoms with Crippen LogP contribution in [0.15, 0.2) is 71.8 Å². The maximum atomic E-state index is 12.0. The van der Waals surface area contributed by atoms with Crippen LogP contribution in [0.1, 0.15) is 18.4 Å². The molecule has 0 bridgehead atoms. The molecule has 0 unspecified atom stereocenters. The topological polar surface area (TPSA) is 76.9 Å². The zero-order valence-electron chi connectivity index (χ0n) is 15.0. The third kappa shape index (κ3) is 5.60. The summed E-state index contributed by atoms with van der Waals surface area (Å²) in [5.74, 6) is -0.00994. The molecule has 2 aromatic heterocycles. The largest absolute Gasteiger partial charge is 0.356 e. The third-order valence-electron chi connectivity index (χ3n) is 4.20. The van der Waals surface area contributed by atoms with Crippen molar-refractivity contribution in [3.63, 3.8) is 0 Å². The van der Waals surface area contributed by atoms with Crippen molar-refractivity contribution in [3.8, 4) is 11.3 Å².